The molecule has 7 N–H and O–H groups in total. The number of aliphatic carboxylic acids is 2. The van der Waals surface area contributed by atoms with Crippen molar-refractivity contribution in [3.8, 4) is 0 Å². The van der Waals surface area contributed by atoms with Gasteiger partial charge < -0.3 is 31.9 Å². The molecule has 0 spiro atoms. The summed E-state index contributed by atoms with van der Waals surface area (Å²) in [6, 6.07) is -4.45. The summed E-state index contributed by atoms with van der Waals surface area (Å²) in [5, 5.41) is 25.6. The van der Waals surface area contributed by atoms with Crippen LogP contribution in [0, 0.1) is 5.92 Å². The molecule has 0 radical (unpaired) electrons. The molecule has 3 amide bonds. The lowest BCUT2D eigenvalue weighted by Crippen LogP contribution is -2.58. The number of thiol groups is 1. The van der Waals surface area contributed by atoms with Crippen LogP contribution in [0.3, 0.4) is 0 Å². The summed E-state index contributed by atoms with van der Waals surface area (Å²) >= 11 is 5.58. The van der Waals surface area contributed by atoms with Gasteiger partial charge in [-0.3, -0.25) is 19.2 Å². The highest BCUT2D eigenvalue weighted by atomic mass is 32.2. The number of carbonyl (C=O) groups is 5. The quantitative estimate of drug-likeness (QED) is 0.138. The normalized spacial score (nSPS) is 15.5. The van der Waals surface area contributed by atoms with Crippen LogP contribution in [0.1, 0.15) is 39.5 Å². The molecule has 0 aliphatic carbocycles. The molecule has 5 atom stereocenters. The molecule has 0 aromatic carbocycles. The lowest BCUT2D eigenvalue weighted by atomic mass is 9.98. The molecule has 0 aliphatic heterocycles. The minimum absolute atomic E-state index is 0.0925. The first-order valence-corrected chi connectivity index (χ1v) is 12.2. The van der Waals surface area contributed by atoms with Gasteiger partial charge in [-0.1, -0.05) is 20.3 Å². The summed E-state index contributed by atoms with van der Waals surface area (Å²) in [5.41, 5.74) is 5.79. The van der Waals surface area contributed by atoms with Crippen molar-refractivity contribution < 1.29 is 34.2 Å². The van der Waals surface area contributed by atoms with Crippen LogP contribution >= 0.6 is 24.4 Å². The first-order valence-electron chi connectivity index (χ1n) is 10.2. The van der Waals surface area contributed by atoms with E-state index >= 15 is 0 Å². The highest BCUT2D eigenvalue weighted by Crippen LogP contribution is 2.09. The van der Waals surface area contributed by atoms with Crippen molar-refractivity contribution in [2.24, 2.45) is 11.7 Å². The number of carboxylic acid groups (broad SMARTS) is 2. The monoisotopic (exact) mass is 494 g/mol. The third-order valence-corrected chi connectivity index (χ3v) is 5.85. The van der Waals surface area contributed by atoms with Crippen LogP contribution in [0.2, 0.25) is 0 Å². The Kier molecular flexibility index (Phi) is 14.8. The fourth-order valence-electron chi connectivity index (χ4n) is 2.59. The average molecular weight is 495 g/mol. The van der Waals surface area contributed by atoms with Gasteiger partial charge in [-0.25, -0.2) is 4.79 Å². The molecule has 5 unspecified atom stereocenters. The minimum Gasteiger partial charge on any atom is -0.481 e. The summed E-state index contributed by atoms with van der Waals surface area (Å²) in [4.78, 5) is 60.0. The molecule has 13 heteroatoms. The third-order valence-electron chi connectivity index (χ3n) is 4.84. The fourth-order valence-corrected chi connectivity index (χ4v) is 3.34. The molecule has 0 bridgehead atoms. The molecule has 0 aliphatic rings. The molecule has 0 saturated carbocycles. The number of amides is 3. The van der Waals surface area contributed by atoms with Gasteiger partial charge >= 0.3 is 11.9 Å². The summed E-state index contributed by atoms with van der Waals surface area (Å²) in [5.74, 6) is -4.39. The van der Waals surface area contributed by atoms with Gasteiger partial charge in [-0.2, -0.15) is 24.4 Å². The van der Waals surface area contributed by atoms with Crippen LogP contribution in [-0.2, 0) is 24.0 Å². The average Bonchev–Trinajstić information content (AvgIpc) is 2.75. The molecular weight excluding hydrogens is 460 g/mol. The number of hydrogen-bond acceptors (Lipinski definition) is 8. The maximum atomic E-state index is 12.7. The van der Waals surface area contributed by atoms with E-state index in [1.807, 2.05) is 6.26 Å². The Morgan fingerprint density at radius 2 is 1.53 bits per heavy atom. The smallest absolute Gasteiger partial charge is 0.326 e. The standard InChI is InChI=1S/C19H34N4O7S2/c1-4-10(2)15(19(29)30)23-17(27)12(5-6-14(24)25)21-18(28)13(9-31)22-16(26)11(20)7-8-32-3/h10-13,15,31H,4-9,20H2,1-3H3,(H,21,28)(H,22,26)(H,23,27)(H,24,25)(H,29,30). The Hall–Kier alpha value is -1.99. The first kappa shape index (κ1) is 30.0. The second kappa shape index (κ2) is 15.8. The van der Waals surface area contributed by atoms with Crippen molar-refractivity contribution in [3.05, 3.63) is 0 Å². The Morgan fingerprint density at radius 1 is 0.969 bits per heavy atom. The predicted molar refractivity (Wildman–Crippen MR) is 125 cm³/mol. The minimum atomic E-state index is -1.31. The third kappa shape index (κ3) is 11.0. The van der Waals surface area contributed by atoms with E-state index in [1.54, 1.807) is 13.8 Å². The van der Waals surface area contributed by atoms with Crippen molar-refractivity contribution in [2.75, 3.05) is 17.8 Å². The van der Waals surface area contributed by atoms with Crippen molar-refractivity contribution >= 4 is 54.1 Å². The van der Waals surface area contributed by atoms with Crippen LogP contribution < -0.4 is 21.7 Å². The van der Waals surface area contributed by atoms with Crippen molar-refractivity contribution in [1.82, 2.24) is 16.0 Å². The summed E-state index contributed by atoms with van der Waals surface area (Å²) in [6.07, 6.45) is 2.06. The summed E-state index contributed by atoms with van der Waals surface area (Å²) in [6.45, 7) is 3.41. The molecule has 11 nitrogen and oxygen atoms in total. The number of thioether (sulfide) groups is 1. The molecule has 0 aromatic heterocycles. The zero-order valence-electron chi connectivity index (χ0n) is 18.5. The number of carboxylic acids is 2. The van der Waals surface area contributed by atoms with E-state index in [0.717, 1.165) is 0 Å². The van der Waals surface area contributed by atoms with E-state index in [-0.39, 0.29) is 18.1 Å². The second-order valence-corrected chi connectivity index (χ2v) is 8.69. The number of nitrogens with one attached hydrogen (secondary N) is 3. The van der Waals surface area contributed by atoms with E-state index < -0.39 is 60.2 Å². The Bertz CT molecular complexity index is 666. The van der Waals surface area contributed by atoms with Crippen molar-refractivity contribution in [3.63, 3.8) is 0 Å². The van der Waals surface area contributed by atoms with E-state index in [2.05, 4.69) is 28.6 Å². The van der Waals surface area contributed by atoms with Crippen LogP contribution in [0.5, 0.6) is 0 Å². The fraction of sp³-hybridized carbons (Fsp3) is 0.737. The number of hydrogen-bond donors (Lipinski definition) is 7. The van der Waals surface area contributed by atoms with Crippen LogP contribution in [0.4, 0.5) is 0 Å². The number of carbonyl (C=O) groups excluding carboxylic acids is 3. The maximum absolute atomic E-state index is 12.7. The van der Waals surface area contributed by atoms with Gasteiger partial charge in [0.1, 0.15) is 18.1 Å². The highest BCUT2D eigenvalue weighted by molar-refractivity contribution is 7.98. The zero-order valence-corrected chi connectivity index (χ0v) is 20.2. The molecule has 0 aromatic rings. The Balaban J connectivity index is 5.33. The molecule has 0 rings (SSSR count). The maximum Gasteiger partial charge on any atom is 0.326 e. The van der Waals surface area contributed by atoms with Gasteiger partial charge in [-0.15, -0.1) is 0 Å². The SMILES string of the molecule is CCC(C)C(NC(=O)C(CCC(=O)O)NC(=O)C(CS)NC(=O)C(N)CCSC)C(=O)O. The van der Waals surface area contributed by atoms with Crippen LogP contribution in [0.15, 0.2) is 0 Å². The highest BCUT2D eigenvalue weighted by Gasteiger charge is 2.31. The number of rotatable bonds is 16. The topological polar surface area (TPSA) is 188 Å². The van der Waals surface area contributed by atoms with E-state index in [9.17, 15) is 29.1 Å². The van der Waals surface area contributed by atoms with Gasteiger partial charge in [0.25, 0.3) is 0 Å². The van der Waals surface area contributed by atoms with E-state index in [0.29, 0.717) is 18.6 Å². The van der Waals surface area contributed by atoms with Crippen molar-refractivity contribution in [1.29, 1.82) is 0 Å². The van der Waals surface area contributed by atoms with Gasteiger partial charge in [0.15, 0.2) is 0 Å². The van der Waals surface area contributed by atoms with Gasteiger partial charge in [0.05, 0.1) is 6.04 Å². The largest absolute Gasteiger partial charge is 0.481 e. The zero-order chi connectivity index (χ0) is 24.8. The lowest BCUT2D eigenvalue weighted by Gasteiger charge is -2.26. The Labute approximate surface area is 197 Å². The van der Waals surface area contributed by atoms with Crippen LogP contribution in [0.25, 0.3) is 0 Å². The summed E-state index contributed by atoms with van der Waals surface area (Å²) < 4.78 is 0. The van der Waals surface area contributed by atoms with Gasteiger partial charge in [0.2, 0.25) is 17.7 Å². The Morgan fingerprint density at radius 3 is 2.00 bits per heavy atom. The first-order chi connectivity index (χ1) is 15.0. The van der Waals surface area contributed by atoms with Gasteiger partial charge in [-0.05, 0) is 30.8 Å². The number of nitrogens with two attached hydrogens (primary N) is 1. The van der Waals surface area contributed by atoms with Crippen molar-refractivity contribution in [2.45, 2.75) is 63.7 Å². The predicted octanol–water partition coefficient (Wildman–Crippen LogP) is -0.553. The lowest BCUT2D eigenvalue weighted by molar-refractivity contribution is -0.144. The summed E-state index contributed by atoms with van der Waals surface area (Å²) in [7, 11) is 0. The molecule has 184 valence electrons. The van der Waals surface area contributed by atoms with E-state index in [4.69, 9.17) is 10.8 Å². The second-order valence-electron chi connectivity index (χ2n) is 7.34. The molecular formula is C19H34N4O7S2. The van der Waals surface area contributed by atoms with Crippen LogP contribution in [-0.4, -0.2) is 81.8 Å². The molecule has 0 saturated heterocycles. The molecule has 0 heterocycles. The van der Waals surface area contributed by atoms with E-state index in [1.165, 1.54) is 11.8 Å². The van der Waals surface area contributed by atoms with Gasteiger partial charge in [0, 0.05) is 12.2 Å². The molecule has 0 fully saturated rings. The molecule has 32 heavy (non-hydrogen) atoms.